The average Bonchev–Trinajstić information content (AvgIpc) is 2.81. The zero-order valence-electron chi connectivity index (χ0n) is 18.3. The van der Waals surface area contributed by atoms with Gasteiger partial charge in [-0.1, -0.05) is 49.2 Å². The van der Waals surface area contributed by atoms with Crippen LogP contribution in [0.1, 0.15) is 37.8 Å². The van der Waals surface area contributed by atoms with E-state index in [0.29, 0.717) is 34.1 Å². The van der Waals surface area contributed by atoms with Gasteiger partial charge in [0.1, 0.15) is 12.2 Å². The van der Waals surface area contributed by atoms with Crippen molar-refractivity contribution in [3.05, 3.63) is 63.8 Å². The van der Waals surface area contributed by atoms with Gasteiger partial charge in [0, 0.05) is 17.6 Å². The number of rotatable bonds is 7. The van der Waals surface area contributed by atoms with Crippen LogP contribution in [-0.4, -0.2) is 22.3 Å². The molecule has 0 saturated carbocycles. The third-order valence-electron chi connectivity index (χ3n) is 6.04. The zero-order valence-corrected chi connectivity index (χ0v) is 20.7. The van der Waals surface area contributed by atoms with Crippen LogP contribution in [0, 0.1) is 0 Å². The van der Waals surface area contributed by atoms with Crippen molar-refractivity contribution in [1.82, 2.24) is 9.97 Å². The summed E-state index contributed by atoms with van der Waals surface area (Å²) in [6.45, 7) is 3.92. The molecule has 1 aliphatic carbocycles. The number of para-hydroxylation sites is 1. The number of fused-ring (bicyclic) bond motifs is 1. The van der Waals surface area contributed by atoms with Gasteiger partial charge in [0.05, 0.1) is 22.6 Å². The van der Waals surface area contributed by atoms with E-state index in [1.165, 1.54) is 24.0 Å². The number of halogens is 2. The van der Waals surface area contributed by atoms with Crippen LogP contribution in [0.15, 0.2) is 42.6 Å². The number of nitrogens with zero attached hydrogens (tertiary/aromatic N) is 2. The first-order chi connectivity index (χ1) is 15.4. The second-order valence-corrected chi connectivity index (χ2v) is 12.3. The Hall–Kier alpha value is -2.07. The number of hydrogen-bond acceptors (Lipinski definition) is 5. The molecule has 1 aliphatic rings. The van der Waals surface area contributed by atoms with Crippen molar-refractivity contribution in [2.24, 2.45) is 0 Å². The number of nitrogens with one attached hydrogen (secondary N) is 2. The van der Waals surface area contributed by atoms with Crippen LogP contribution in [0.3, 0.4) is 0 Å². The number of hydrogen-bond donors (Lipinski definition) is 2. The lowest BCUT2D eigenvalue weighted by atomic mass is 9.91. The largest absolute Gasteiger partial charge is 0.338 e. The normalized spacial score (nSPS) is 13.5. The minimum Gasteiger partial charge on any atom is -0.338 e. The van der Waals surface area contributed by atoms with E-state index in [1.54, 1.807) is 6.20 Å². The van der Waals surface area contributed by atoms with Crippen molar-refractivity contribution in [2.45, 2.75) is 39.5 Å². The standard InChI is InChI=1S/C24H27Cl2N4OP/c1-3-32(31,4-2)22-12-8-7-11-20(22)28-23-19(26)15-27-24(30-23)29-21-14-17-10-6-5-9-16(17)13-18(21)25/h7-8,11-15H,3-6,9-10H2,1-2H3,(H2,27,28,29,30). The van der Waals surface area contributed by atoms with Crippen LogP contribution in [0.5, 0.6) is 0 Å². The van der Waals surface area contributed by atoms with Gasteiger partial charge < -0.3 is 15.2 Å². The van der Waals surface area contributed by atoms with Gasteiger partial charge in [-0.2, -0.15) is 4.98 Å². The summed E-state index contributed by atoms with van der Waals surface area (Å²) in [5.41, 5.74) is 4.17. The Balaban J connectivity index is 1.64. The fourth-order valence-electron chi connectivity index (χ4n) is 4.11. The highest BCUT2D eigenvalue weighted by atomic mass is 35.5. The van der Waals surface area contributed by atoms with Crippen molar-refractivity contribution in [3.63, 3.8) is 0 Å². The molecular weight excluding hydrogens is 462 g/mol. The van der Waals surface area contributed by atoms with E-state index in [4.69, 9.17) is 23.2 Å². The van der Waals surface area contributed by atoms with Crippen molar-refractivity contribution in [3.8, 4) is 0 Å². The predicted molar refractivity (Wildman–Crippen MR) is 136 cm³/mol. The Kier molecular flexibility index (Phi) is 7.09. The van der Waals surface area contributed by atoms with E-state index in [1.807, 2.05) is 44.2 Å². The summed E-state index contributed by atoms with van der Waals surface area (Å²) in [7, 11) is -2.49. The van der Waals surface area contributed by atoms with Gasteiger partial charge in [-0.05, 0) is 61.1 Å². The summed E-state index contributed by atoms with van der Waals surface area (Å²) in [6, 6.07) is 11.8. The van der Waals surface area contributed by atoms with Crippen LogP contribution in [0.25, 0.3) is 0 Å². The Morgan fingerprint density at radius 3 is 2.34 bits per heavy atom. The maximum absolute atomic E-state index is 13.4. The van der Waals surface area contributed by atoms with Gasteiger partial charge in [0.15, 0.2) is 5.82 Å². The lowest BCUT2D eigenvalue weighted by Crippen LogP contribution is -2.14. The molecule has 0 amide bonds. The van der Waals surface area contributed by atoms with Gasteiger partial charge in [0.2, 0.25) is 5.95 Å². The van der Waals surface area contributed by atoms with Crippen LogP contribution in [0.4, 0.5) is 23.1 Å². The molecule has 5 nitrogen and oxygen atoms in total. The minimum absolute atomic E-state index is 0.379. The van der Waals surface area contributed by atoms with Crippen LogP contribution < -0.4 is 15.9 Å². The first kappa shape index (κ1) is 23.1. The molecule has 0 fully saturated rings. The average molecular weight is 489 g/mol. The summed E-state index contributed by atoms with van der Waals surface area (Å²) >= 11 is 12.9. The molecule has 1 aromatic heterocycles. The highest BCUT2D eigenvalue weighted by Crippen LogP contribution is 2.46. The number of anilines is 4. The SMILES string of the molecule is CCP(=O)(CC)c1ccccc1Nc1nc(Nc2cc3c(cc2Cl)CCCC3)ncc1Cl. The number of benzene rings is 2. The summed E-state index contributed by atoms with van der Waals surface area (Å²) in [4.78, 5) is 8.90. The van der Waals surface area contributed by atoms with E-state index < -0.39 is 7.14 Å². The second kappa shape index (κ2) is 9.82. The summed E-state index contributed by atoms with van der Waals surface area (Å²) < 4.78 is 13.4. The van der Waals surface area contributed by atoms with E-state index in [-0.39, 0.29) is 0 Å². The highest BCUT2D eigenvalue weighted by molar-refractivity contribution is 7.71. The Labute approximate surface area is 199 Å². The van der Waals surface area contributed by atoms with Gasteiger partial charge in [-0.15, -0.1) is 0 Å². The maximum atomic E-state index is 13.4. The van der Waals surface area contributed by atoms with Crippen LogP contribution >= 0.6 is 30.3 Å². The third kappa shape index (κ3) is 4.80. The van der Waals surface area contributed by atoms with Gasteiger partial charge in [-0.25, -0.2) is 4.98 Å². The quantitative estimate of drug-likeness (QED) is 0.344. The summed E-state index contributed by atoms with van der Waals surface area (Å²) in [5, 5.41) is 8.35. The van der Waals surface area contributed by atoms with E-state index in [2.05, 4.69) is 26.7 Å². The summed E-state index contributed by atoms with van der Waals surface area (Å²) in [5.74, 6) is 0.839. The third-order valence-corrected chi connectivity index (χ3v) is 9.94. The molecule has 168 valence electrons. The van der Waals surface area contributed by atoms with Gasteiger partial charge in [-0.3, -0.25) is 0 Å². The molecule has 8 heteroatoms. The number of aryl methyl sites for hydroxylation is 2. The molecule has 32 heavy (non-hydrogen) atoms. The molecule has 0 unspecified atom stereocenters. The van der Waals surface area contributed by atoms with Crippen LogP contribution in [-0.2, 0) is 17.4 Å². The molecule has 0 saturated heterocycles. The van der Waals surface area contributed by atoms with Crippen molar-refractivity contribution < 1.29 is 4.57 Å². The topological polar surface area (TPSA) is 66.9 Å². The van der Waals surface area contributed by atoms with Gasteiger partial charge >= 0.3 is 0 Å². The highest BCUT2D eigenvalue weighted by Gasteiger charge is 2.24. The molecule has 1 heterocycles. The smallest absolute Gasteiger partial charge is 0.229 e. The number of aromatic nitrogens is 2. The Morgan fingerprint density at radius 1 is 0.938 bits per heavy atom. The monoisotopic (exact) mass is 488 g/mol. The fraction of sp³-hybridized carbons (Fsp3) is 0.333. The molecule has 0 aliphatic heterocycles. The van der Waals surface area contributed by atoms with Crippen molar-refractivity contribution >= 4 is 58.8 Å². The maximum Gasteiger partial charge on any atom is 0.229 e. The van der Waals surface area contributed by atoms with E-state index in [0.717, 1.165) is 29.5 Å². The Bertz CT molecular complexity index is 1180. The molecule has 4 rings (SSSR count). The summed E-state index contributed by atoms with van der Waals surface area (Å²) in [6.07, 6.45) is 7.27. The van der Waals surface area contributed by atoms with Crippen molar-refractivity contribution in [2.75, 3.05) is 23.0 Å². The second-order valence-electron chi connectivity index (χ2n) is 7.99. The molecule has 0 bridgehead atoms. The first-order valence-electron chi connectivity index (χ1n) is 11.0. The van der Waals surface area contributed by atoms with Crippen molar-refractivity contribution in [1.29, 1.82) is 0 Å². The zero-order chi connectivity index (χ0) is 22.7. The Morgan fingerprint density at radius 2 is 1.62 bits per heavy atom. The lowest BCUT2D eigenvalue weighted by Gasteiger charge is -2.20. The molecule has 0 atom stereocenters. The van der Waals surface area contributed by atoms with Gasteiger partial charge in [0.25, 0.3) is 0 Å². The molecular formula is C24H27Cl2N4OP. The predicted octanol–water partition coefficient (Wildman–Crippen LogP) is 7.18. The minimum atomic E-state index is -2.49. The lowest BCUT2D eigenvalue weighted by molar-refractivity contribution is 0.582. The molecule has 0 radical (unpaired) electrons. The first-order valence-corrected chi connectivity index (χ1v) is 13.8. The van der Waals surface area contributed by atoms with E-state index in [9.17, 15) is 4.57 Å². The molecule has 2 N–H and O–H groups in total. The molecule has 3 aromatic rings. The van der Waals surface area contributed by atoms with E-state index >= 15 is 0 Å². The van der Waals surface area contributed by atoms with Crippen LogP contribution in [0.2, 0.25) is 10.0 Å². The fourth-order valence-corrected chi connectivity index (χ4v) is 6.54. The molecule has 0 spiro atoms. The molecule has 2 aromatic carbocycles.